The Balaban J connectivity index is 4.69. The van der Waals surface area contributed by atoms with Crippen molar-refractivity contribution in [2.24, 2.45) is 11.8 Å². The molecule has 0 radical (unpaired) electrons. The minimum Gasteiger partial charge on any atom is -0.353 e. The molecular weight excluding hydrogens is 328 g/mol. The van der Waals surface area contributed by atoms with Gasteiger partial charge in [0.05, 0.1) is 12.1 Å². The lowest BCUT2D eigenvalue weighted by Gasteiger charge is -2.31. The Kier molecular flexibility index (Phi) is 11.0. The van der Waals surface area contributed by atoms with Crippen molar-refractivity contribution in [2.45, 2.75) is 78.6 Å². The first-order chi connectivity index (χ1) is 11.9. The van der Waals surface area contributed by atoms with Gasteiger partial charge in [0.1, 0.15) is 0 Å². The molecule has 2 amide bonds. The Bertz CT molecular complexity index is 428. The number of carbonyl (C=O) groups is 2. The molecule has 154 valence electrons. The smallest absolute Gasteiger partial charge is 0.237 e. The third-order valence-electron chi connectivity index (χ3n) is 4.70. The van der Waals surface area contributed by atoms with Gasteiger partial charge in [-0.05, 0) is 73.6 Å². The summed E-state index contributed by atoms with van der Waals surface area (Å²) < 4.78 is 0. The first-order valence-corrected chi connectivity index (χ1v) is 9.82. The van der Waals surface area contributed by atoms with Gasteiger partial charge in [0, 0.05) is 12.1 Å². The molecule has 0 aromatic carbocycles. The topological polar surface area (TPSA) is 64.7 Å². The molecule has 2 N–H and O–H groups in total. The number of rotatable bonds is 11. The van der Waals surface area contributed by atoms with Crippen LogP contribution in [0.3, 0.4) is 0 Å². The summed E-state index contributed by atoms with van der Waals surface area (Å²) in [5, 5.41) is 6.14. The second-order valence-electron chi connectivity index (χ2n) is 8.69. The van der Waals surface area contributed by atoms with E-state index in [1.807, 2.05) is 58.8 Å². The molecule has 0 aliphatic heterocycles. The lowest BCUT2D eigenvalue weighted by atomic mass is 9.92. The molecule has 26 heavy (non-hydrogen) atoms. The highest BCUT2D eigenvalue weighted by atomic mass is 16.2. The van der Waals surface area contributed by atoms with Gasteiger partial charge in [-0.3, -0.25) is 19.4 Å². The van der Waals surface area contributed by atoms with Gasteiger partial charge in [-0.2, -0.15) is 0 Å². The zero-order chi connectivity index (χ0) is 20.6. The number of likely N-dealkylation sites (N-methyl/N-ethyl adjacent to an activating group) is 2. The van der Waals surface area contributed by atoms with Crippen molar-refractivity contribution in [3.63, 3.8) is 0 Å². The van der Waals surface area contributed by atoms with Crippen LogP contribution in [0.2, 0.25) is 0 Å². The first-order valence-electron chi connectivity index (χ1n) is 9.82. The molecule has 0 aromatic heterocycles. The Morgan fingerprint density at radius 1 is 0.731 bits per heavy atom. The van der Waals surface area contributed by atoms with E-state index in [1.165, 1.54) is 0 Å². The van der Waals surface area contributed by atoms with Crippen LogP contribution in [0.25, 0.3) is 0 Å². The predicted octanol–water partition coefficient (Wildman–Crippen LogP) is 1.95. The van der Waals surface area contributed by atoms with Crippen LogP contribution < -0.4 is 10.6 Å². The summed E-state index contributed by atoms with van der Waals surface area (Å²) in [6.07, 6.45) is 1.73. The van der Waals surface area contributed by atoms with Gasteiger partial charge < -0.3 is 10.6 Å². The Hall–Kier alpha value is -1.14. The minimum atomic E-state index is -0.162. The lowest BCUT2D eigenvalue weighted by molar-refractivity contribution is -0.129. The average molecular weight is 371 g/mol. The van der Waals surface area contributed by atoms with E-state index in [9.17, 15) is 9.59 Å². The van der Waals surface area contributed by atoms with Gasteiger partial charge in [-0.25, -0.2) is 0 Å². The van der Waals surface area contributed by atoms with Crippen LogP contribution in [0.4, 0.5) is 0 Å². The zero-order valence-electron chi connectivity index (χ0n) is 18.6. The second kappa shape index (κ2) is 11.5. The van der Waals surface area contributed by atoms with Crippen molar-refractivity contribution in [1.82, 2.24) is 20.4 Å². The highest BCUT2D eigenvalue weighted by Crippen LogP contribution is 2.17. The standard InChI is InChI=1S/C20H42N4O2/c1-13(2)17(23(7)8)19(25)22-16(6)12-11-15(5)18(24(9)10)20(26)21-14(3)4/h13-18H,11-12H2,1-10H3,(H,21,26)(H,22,25)/t15?,16?,17-,18+/m0/s1. The summed E-state index contributed by atoms with van der Waals surface area (Å²) in [5.41, 5.74) is 0. The Labute approximate surface area is 161 Å². The highest BCUT2D eigenvalue weighted by molar-refractivity contribution is 5.82. The summed E-state index contributed by atoms with van der Waals surface area (Å²) in [6, 6.07) is -0.0665. The quantitative estimate of drug-likeness (QED) is 0.583. The maximum absolute atomic E-state index is 12.5. The van der Waals surface area contributed by atoms with E-state index in [1.54, 1.807) is 0 Å². The van der Waals surface area contributed by atoms with Crippen LogP contribution in [0.1, 0.15) is 54.4 Å². The van der Waals surface area contributed by atoms with Crippen LogP contribution >= 0.6 is 0 Å². The van der Waals surface area contributed by atoms with Crippen LogP contribution in [0.5, 0.6) is 0 Å². The highest BCUT2D eigenvalue weighted by Gasteiger charge is 2.29. The van der Waals surface area contributed by atoms with E-state index in [0.717, 1.165) is 12.8 Å². The van der Waals surface area contributed by atoms with Crippen molar-refractivity contribution in [2.75, 3.05) is 28.2 Å². The molecule has 0 aromatic rings. The molecule has 4 atom stereocenters. The summed E-state index contributed by atoms with van der Waals surface area (Å²) in [4.78, 5) is 28.9. The number of carbonyl (C=O) groups excluding carboxylic acids is 2. The SMILES string of the molecule is CC(C)NC(=O)[C@@H](C(C)CCC(C)NC(=O)[C@H](C(C)C)N(C)C)N(C)C. The fourth-order valence-electron chi connectivity index (χ4n) is 3.58. The van der Waals surface area contributed by atoms with E-state index in [0.29, 0.717) is 0 Å². The Morgan fingerprint density at radius 2 is 1.19 bits per heavy atom. The zero-order valence-corrected chi connectivity index (χ0v) is 18.6. The molecule has 6 heteroatoms. The Morgan fingerprint density at radius 3 is 1.58 bits per heavy atom. The summed E-state index contributed by atoms with van der Waals surface area (Å²) >= 11 is 0. The van der Waals surface area contributed by atoms with Crippen molar-refractivity contribution in [1.29, 1.82) is 0 Å². The maximum Gasteiger partial charge on any atom is 0.237 e. The summed E-state index contributed by atoms with van der Waals surface area (Å²) in [7, 11) is 7.76. The fourth-order valence-corrected chi connectivity index (χ4v) is 3.58. The van der Waals surface area contributed by atoms with E-state index >= 15 is 0 Å². The molecule has 6 nitrogen and oxygen atoms in total. The number of nitrogens with one attached hydrogen (secondary N) is 2. The average Bonchev–Trinajstić information content (AvgIpc) is 2.42. The number of hydrogen-bond donors (Lipinski definition) is 2. The molecule has 2 unspecified atom stereocenters. The monoisotopic (exact) mass is 370 g/mol. The van der Waals surface area contributed by atoms with Crippen LogP contribution in [-0.4, -0.2) is 74.0 Å². The minimum absolute atomic E-state index is 0.0710. The van der Waals surface area contributed by atoms with Gasteiger partial charge in [0.2, 0.25) is 11.8 Å². The van der Waals surface area contributed by atoms with Crippen LogP contribution in [-0.2, 0) is 9.59 Å². The van der Waals surface area contributed by atoms with Crippen molar-refractivity contribution in [3.05, 3.63) is 0 Å². The summed E-state index contributed by atoms with van der Waals surface area (Å²) in [5.74, 6) is 0.611. The van der Waals surface area contributed by atoms with E-state index in [-0.39, 0.29) is 47.8 Å². The molecule has 0 aliphatic rings. The van der Waals surface area contributed by atoms with E-state index in [2.05, 4.69) is 31.4 Å². The molecule has 0 heterocycles. The molecule has 0 spiro atoms. The molecule has 0 fully saturated rings. The van der Waals surface area contributed by atoms with Gasteiger partial charge in [0.25, 0.3) is 0 Å². The lowest BCUT2D eigenvalue weighted by Crippen LogP contribution is -2.50. The molecule has 0 saturated carbocycles. The second-order valence-corrected chi connectivity index (χ2v) is 8.69. The largest absolute Gasteiger partial charge is 0.353 e. The molecule has 0 bridgehead atoms. The third kappa shape index (κ3) is 8.49. The predicted molar refractivity (Wildman–Crippen MR) is 109 cm³/mol. The van der Waals surface area contributed by atoms with Crippen LogP contribution in [0.15, 0.2) is 0 Å². The van der Waals surface area contributed by atoms with Crippen LogP contribution in [0, 0.1) is 11.8 Å². The molecular formula is C20H42N4O2. The van der Waals surface area contributed by atoms with E-state index < -0.39 is 0 Å². The number of nitrogens with zero attached hydrogens (tertiary/aromatic N) is 2. The van der Waals surface area contributed by atoms with Gasteiger partial charge >= 0.3 is 0 Å². The fraction of sp³-hybridized carbons (Fsp3) is 0.900. The molecule has 0 saturated heterocycles. The van der Waals surface area contributed by atoms with Gasteiger partial charge in [0.15, 0.2) is 0 Å². The van der Waals surface area contributed by atoms with E-state index in [4.69, 9.17) is 0 Å². The number of hydrogen-bond acceptors (Lipinski definition) is 4. The van der Waals surface area contributed by atoms with Crippen molar-refractivity contribution in [3.8, 4) is 0 Å². The van der Waals surface area contributed by atoms with Gasteiger partial charge in [-0.1, -0.05) is 20.8 Å². The first kappa shape index (κ1) is 24.9. The maximum atomic E-state index is 12.5. The summed E-state index contributed by atoms with van der Waals surface area (Å²) in [6.45, 7) is 12.2. The normalized spacial score (nSPS) is 16.7. The van der Waals surface area contributed by atoms with Gasteiger partial charge in [-0.15, -0.1) is 0 Å². The van der Waals surface area contributed by atoms with Crippen molar-refractivity contribution >= 4 is 11.8 Å². The van der Waals surface area contributed by atoms with Crippen molar-refractivity contribution < 1.29 is 9.59 Å². The molecule has 0 rings (SSSR count). The third-order valence-corrected chi connectivity index (χ3v) is 4.70. The number of amides is 2. The molecule has 0 aliphatic carbocycles.